The van der Waals surface area contributed by atoms with Gasteiger partial charge in [0.2, 0.25) is 5.91 Å². The smallest absolute Gasteiger partial charge is 0.265 e. The van der Waals surface area contributed by atoms with Crippen LogP contribution in [0.3, 0.4) is 0 Å². The highest BCUT2D eigenvalue weighted by Crippen LogP contribution is 2.35. The van der Waals surface area contributed by atoms with E-state index in [1.54, 1.807) is 4.90 Å². The maximum atomic E-state index is 12.5. The zero-order valence-electron chi connectivity index (χ0n) is 19.5. The highest BCUT2D eigenvalue weighted by atomic mass is 16.5. The molecule has 0 radical (unpaired) electrons. The molecule has 0 saturated heterocycles. The third-order valence-electron chi connectivity index (χ3n) is 6.47. The summed E-state index contributed by atoms with van der Waals surface area (Å²) in [6.45, 7) is 3.10. The van der Waals surface area contributed by atoms with Gasteiger partial charge in [-0.3, -0.25) is 9.59 Å². The van der Waals surface area contributed by atoms with Gasteiger partial charge < -0.3 is 19.7 Å². The van der Waals surface area contributed by atoms with Crippen molar-refractivity contribution in [2.45, 2.75) is 58.3 Å². The van der Waals surface area contributed by atoms with Gasteiger partial charge in [-0.05, 0) is 61.6 Å². The Bertz CT molecular complexity index is 968. The molecule has 33 heavy (non-hydrogen) atoms. The average molecular weight is 451 g/mol. The molecule has 2 aliphatic rings. The fraction of sp³-hybridized carbons (Fsp3) is 0.481. The van der Waals surface area contributed by atoms with E-state index in [0.29, 0.717) is 49.0 Å². The van der Waals surface area contributed by atoms with Crippen LogP contribution < -0.4 is 19.7 Å². The van der Waals surface area contributed by atoms with E-state index in [4.69, 9.17) is 9.47 Å². The first-order valence-corrected chi connectivity index (χ1v) is 12.1. The molecule has 1 aliphatic heterocycles. The lowest BCUT2D eigenvalue weighted by Gasteiger charge is -2.30. The molecule has 0 aromatic heterocycles. The van der Waals surface area contributed by atoms with Gasteiger partial charge in [0.1, 0.15) is 11.5 Å². The Labute approximate surface area is 196 Å². The largest absolute Gasteiger partial charge is 0.494 e. The Hall–Kier alpha value is -3.02. The van der Waals surface area contributed by atoms with Gasteiger partial charge in [0, 0.05) is 18.7 Å². The lowest BCUT2D eigenvalue weighted by molar-refractivity contribution is -0.121. The Kier molecular flexibility index (Phi) is 7.87. The summed E-state index contributed by atoms with van der Waals surface area (Å²) in [7, 11) is 0. The van der Waals surface area contributed by atoms with E-state index < -0.39 is 0 Å². The van der Waals surface area contributed by atoms with E-state index in [-0.39, 0.29) is 18.4 Å². The fourth-order valence-electron chi connectivity index (χ4n) is 4.68. The van der Waals surface area contributed by atoms with Crippen LogP contribution in [0.5, 0.6) is 11.5 Å². The maximum Gasteiger partial charge on any atom is 0.265 e. The van der Waals surface area contributed by atoms with Crippen molar-refractivity contribution in [2.75, 3.05) is 30.0 Å². The van der Waals surface area contributed by atoms with Crippen molar-refractivity contribution in [3.63, 3.8) is 0 Å². The zero-order valence-corrected chi connectivity index (χ0v) is 19.5. The Morgan fingerprint density at radius 2 is 2.00 bits per heavy atom. The normalized spacial score (nSPS) is 16.2. The molecule has 1 fully saturated rings. The molecule has 0 spiro atoms. The van der Waals surface area contributed by atoms with Gasteiger partial charge in [-0.25, -0.2) is 0 Å². The molecule has 1 heterocycles. The van der Waals surface area contributed by atoms with Crippen molar-refractivity contribution in [3.05, 3.63) is 48.0 Å². The number of hydrogen-bond donors (Lipinski definition) is 1. The molecular weight excluding hydrogens is 416 g/mol. The highest BCUT2D eigenvalue weighted by Gasteiger charge is 2.26. The second kappa shape index (κ2) is 11.2. The lowest BCUT2D eigenvalue weighted by Crippen LogP contribution is -2.39. The minimum Gasteiger partial charge on any atom is -0.494 e. The molecule has 1 saturated carbocycles. The molecule has 0 unspecified atom stereocenters. The van der Waals surface area contributed by atoms with Crippen LogP contribution in [-0.2, 0) is 9.59 Å². The van der Waals surface area contributed by atoms with Crippen LogP contribution in [0.2, 0.25) is 0 Å². The van der Waals surface area contributed by atoms with Crippen LogP contribution in [0.1, 0.15) is 56.9 Å². The molecule has 2 aromatic rings. The van der Waals surface area contributed by atoms with E-state index in [0.717, 1.165) is 17.7 Å². The van der Waals surface area contributed by atoms with E-state index in [2.05, 4.69) is 5.32 Å². The summed E-state index contributed by atoms with van der Waals surface area (Å²) in [5, 5.41) is 3.00. The molecule has 6 heteroatoms. The molecule has 2 aromatic carbocycles. The van der Waals surface area contributed by atoms with Crippen LogP contribution in [0.15, 0.2) is 42.5 Å². The van der Waals surface area contributed by atoms with Gasteiger partial charge in [-0.1, -0.05) is 44.2 Å². The number of fused-ring (bicyclic) bond motifs is 1. The van der Waals surface area contributed by atoms with Crippen molar-refractivity contribution in [3.8, 4) is 11.5 Å². The van der Waals surface area contributed by atoms with E-state index in [1.807, 2.05) is 49.4 Å². The molecule has 4 rings (SSSR count). The molecule has 0 atom stereocenters. The lowest BCUT2D eigenvalue weighted by atomic mass is 9.86. The van der Waals surface area contributed by atoms with Gasteiger partial charge in [0.25, 0.3) is 5.91 Å². The molecule has 6 nitrogen and oxygen atoms in total. The number of anilines is 2. The van der Waals surface area contributed by atoms with Crippen molar-refractivity contribution in [1.82, 2.24) is 0 Å². The molecule has 176 valence electrons. The number of ether oxygens (including phenoxy) is 2. The van der Waals surface area contributed by atoms with E-state index >= 15 is 0 Å². The Balaban J connectivity index is 1.32. The monoisotopic (exact) mass is 450 g/mol. The predicted molar refractivity (Wildman–Crippen MR) is 130 cm³/mol. The van der Waals surface area contributed by atoms with Crippen LogP contribution in [0.4, 0.5) is 11.4 Å². The summed E-state index contributed by atoms with van der Waals surface area (Å²) in [5.41, 5.74) is 2.55. The van der Waals surface area contributed by atoms with Crippen molar-refractivity contribution in [1.29, 1.82) is 0 Å². The topological polar surface area (TPSA) is 67.9 Å². The summed E-state index contributed by atoms with van der Waals surface area (Å²) in [4.78, 5) is 26.8. The number of carbonyl (C=O) groups excluding carboxylic acids is 2. The van der Waals surface area contributed by atoms with Crippen molar-refractivity contribution < 1.29 is 19.1 Å². The summed E-state index contributed by atoms with van der Waals surface area (Å²) in [5.74, 6) is 2.12. The average Bonchev–Trinajstić information content (AvgIpc) is 2.82. The Morgan fingerprint density at radius 3 is 2.82 bits per heavy atom. The van der Waals surface area contributed by atoms with Crippen LogP contribution in [0.25, 0.3) is 0 Å². The first-order valence-electron chi connectivity index (χ1n) is 12.1. The first kappa shape index (κ1) is 23.1. The fourth-order valence-corrected chi connectivity index (χ4v) is 4.68. The molecular formula is C27H34N2O4. The summed E-state index contributed by atoms with van der Waals surface area (Å²) in [6.07, 6.45) is 8.57. The number of hydrogen-bond acceptors (Lipinski definition) is 4. The maximum absolute atomic E-state index is 12.5. The van der Waals surface area contributed by atoms with Crippen molar-refractivity contribution in [2.24, 2.45) is 5.92 Å². The summed E-state index contributed by atoms with van der Waals surface area (Å²) >= 11 is 0. The molecule has 2 amide bonds. The number of nitrogens with zero attached hydrogens (tertiary/aromatic N) is 1. The summed E-state index contributed by atoms with van der Waals surface area (Å²) < 4.78 is 11.4. The number of aryl methyl sites for hydroxylation is 1. The van der Waals surface area contributed by atoms with Crippen LogP contribution in [0, 0.1) is 12.8 Å². The first-order chi connectivity index (χ1) is 16.1. The SMILES string of the molecule is Cc1cccc(OCCCN2C(=O)COc3ccc(NC(=O)CCC4CCCCC4)cc32)c1. The van der Waals surface area contributed by atoms with Crippen LogP contribution in [-0.4, -0.2) is 31.6 Å². The van der Waals surface area contributed by atoms with Gasteiger partial charge in [0.15, 0.2) is 6.61 Å². The van der Waals surface area contributed by atoms with Gasteiger partial charge >= 0.3 is 0 Å². The second-order valence-electron chi connectivity index (χ2n) is 9.13. The van der Waals surface area contributed by atoms with Gasteiger partial charge in [0.05, 0.1) is 12.3 Å². The third-order valence-corrected chi connectivity index (χ3v) is 6.47. The molecule has 1 N–H and O–H groups in total. The quantitative estimate of drug-likeness (QED) is 0.513. The number of rotatable bonds is 9. The minimum atomic E-state index is -0.0844. The highest BCUT2D eigenvalue weighted by molar-refractivity contribution is 5.99. The number of carbonyl (C=O) groups is 2. The van der Waals surface area contributed by atoms with Gasteiger partial charge in [-0.15, -0.1) is 0 Å². The third kappa shape index (κ3) is 6.50. The number of amides is 2. The van der Waals surface area contributed by atoms with Crippen molar-refractivity contribution >= 4 is 23.2 Å². The molecule has 0 bridgehead atoms. The van der Waals surface area contributed by atoms with Crippen LogP contribution >= 0.6 is 0 Å². The number of benzene rings is 2. The second-order valence-corrected chi connectivity index (χ2v) is 9.13. The van der Waals surface area contributed by atoms with E-state index in [9.17, 15) is 9.59 Å². The molecule has 1 aliphatic carbocycles. The summed E-state index contributed by atoms with van der Waals surface area (Å²) in [6, 6.07) is 13.4. The minimum absolute atomic E-state index is 0.0266. The zero-order chi connectivity index (χ0) is 23.0. The predicted octanol–water partition coefficient (Wildman–Crippen LogP) is 5.49. The van der Waals surface area contributed by atoms with E-state index in [1.165, 1.54) is 32.1 Å². The standard InChI is InChI=1S/C27H34N2O4/c1-20-7-5-10-23(17-20)32-16-6-15-29-24-18-22(12-13-25(24)33-19-27(29)31)28-26(30)14-11-21-8-3-2-4-9-21/h5,7,10,12-13,17-18,21H,2-4,6,8-9,11,14-16,19H2,1H3,(H,28,30). The Morgan fingerprint density at radius 1 is 1.15 bits per heavy atom. The van der Waals surface area contributed by atoms with Gasteiger partial charge in [-0.2, -0.15) is 0 Å². The number of nitrogens with one attached hydrogen (secondary N) is 1.